The highest BCUT2D eigenvalue weighted by Crippen LogP contribution is 2.67. The lowest BCUT2D eigenvalue weighted by atomic mass is 9.43. The number of hydrogen-bond donors (Lipinski definition) is 1. The molecule has 1 unspecified atom stereocenters. The van der Waals surface area contributed by atoms with Crippen molar-refractivity contribution >= 4 is 5.97 Å². The summed E-state index contributed by atoms with van der Waals surface area (Å²) in [6, 6.07) is 4.16. The van der Waals surface area contributed by atoms with Crippen molar-refractivity contribution in [2.24, 2.45) is 28.4 Å². The van der Waals surface area contributed by atoms with E-state index in [1.54, 1.807) is 0 Å². The van der Waals surface area contributed by atoms with Crippen LogP contribution in [0.1, 0.15) is 76.5 Å². The van der Waals surface area contributed by atoms with E-state index in [-0.39, 0.29) is 17.9 Å². The van der Waals surface area contributed by atoms with E-state index >= 15 is 0 Å². The lowest BCUT2D eigenvalue weighted by Gasteiger charge is -2.61. The summed E-state index contributed by atoms with van der Waals surface area (Å²) in [4.78, 5) is 11.7. The minimum absolute atomic E-state index is 0.0781. The van der Waals surface area contributed by atoms with Crippen molar-refractivity contribution in [3.63, 3.8) is 0 Å². The lowest BCUT2D eigenvalue weighted by Crippen LogP contribution is -2.55. The number of nitrogens with two attached hydrogens (primary N) is 1. The van der Waals surface area contributed by atoms with E-state index in [0.717, 1.165) is 12.3 Å². The van der Waals surface area contributed by atoms with Crippen LogP contribution in [0.25, 0.3) is 0 Å². The van der Waals surface area contributed by atoms with Crippen LogP contribution in [0, 0.1) is 29.6 Å². The number of esters is 1. The van der Waals surface area contributed by atoms with Crippen molar-refractivity contribution < 1.29 is 9.53 Å². The number of hydrogen-bond acceptors (Lipinski definition) is 3. The molecule has 4 atom stereocenters. The molecule has 2 N–H and O–H groups in total. The van der Waals surface area contributed by atoms with E-state index in [4.69, 9.17) is 10.5 Å². The predicted molar refractivity (Wildman–Crippen MR) is 109 cm³/mol. The number of rotatable bonds is 2. The van der Waals surface area contributed by atoms with Crippen LogP contribution in [-0.4, -0.2) is 12.5 Å². The summed E-state index contributed by atoms with van der Waals surface area (Å²) in [6.07, 6.45) is 7.78. The highest BCUT2D eigenvalue weighted by atomic mass is 16.5. The molecule has 0 saturated heterocycles. The van der Waals surface area contributed by atoms with Gasteiger partial charge in [-0.1, -0.05) is 34.1 Å². The molecule has 2 fully saturated rings. The zero-order chi connectivity index (χ0) is 19.6. The van der Waals surface area contributed by atoms with Crippen molar-refractivity contribution in [1.29, 1.82) is 0 Å². The largest absolute Gasteiger partial charge is 0.426 e. The van der Waals surface area contributed by atoms with Gasteiger partial charge in [0.2, 0.25) is 0 Å². The third-order valence-electron chi connectivity index (χ3n) is 8.58. The molecular weight excluding hydrogens is 334 g/mol. The molecule has 0 spiro atoms. The highest BCUT2D eigenvalue weighted by molar-refractivity contribution is 5.74. The molecule has 0 heterocycles. The number of carbonyl (C=O) groups is 1. The molecule has 0 bridgehead atoms. The number of fused-ring (bicyclic) bond motifs is 5. The fraction of sp³-hybridized carbons (Fsp3) is 0.708. The summed E-state index contributed by atoms with van der Waals surface area (Å²) in [7, 11) is 0. The first-order valence-electron chi connectivity index (χ1n) is 10.7. The van der Waals surface area contributed by atoms with Gasteiger partial charge in [0.25, 0.3) is 0 Å². The highest BCUT2D eigenvalue weighted by Gasteiger charge is 2.61. The topological polar surface area (TPSA) is 52.3 Å². The van der Waals surface area contributed by atoms with E-state index in [1.165, 1.54) is 48.8 Å². The van der Waals surface area contributed by atoms with Crippen molar-refractivity contribution in [2.45, 2.75) is 78.6 Å². The quantitative estimate of drug-likeness (QED) is 0.595. The summed E-state index contributed by atoms with van der Waals surface area (Å²) in [5.41, 5.74) is 10.7. The first-order valence-corrected chi connectivity index (χ1v) is 10.7. The van der Waals surface area contributed by atoms with Crippen LogP contribution in [0.2, 0.25) is 0 Å². The first kappa shape index (κ1) is 19.0. The Hall–Kier alpha value is -1.35. The van der Waals surface area contributed by atoms with Crippen molar-refractivity contribution in [1.82, 2.24) is 0 Å². The Bertz CT molecular complexity index is 783. The number of carbonyl (C=O) groups excluding carboxylic acids is 1. The Kier molecular flexibility index (Phi) is 4.27. The molecule has 1 aromatic rings. The number of aryl methyl sites for hydroxylation is 1. The van der Waals surface area contributed by atoms with Gasteiger partial charge in [0.15, 0.2) is 0 Å². The normalized spacial score (nSPS) is 36.5. The molecule has 148 valence electrons. The second kappa shape index (κ2) is 6.07. The van der Waals surface area contributed by atoms with Crippen LogP contribution in [0.5, 0.6) is 5.75 Å². The fourth-order valence-corrected chi connectivity index (χ4v) is 7.66. The van der Waals surface area contributed by atoms with Gasteiger partial charge in [-0.3, -0.25) is 4.79 Å². The molecule has 0 aliphatic heterocycles. The Balaban J connectivity index is 1.75. The summed E-state index contributed by atoms with van der Waals surface area (Å²) >= 11 is 0. The summed E-state index contributed by atoms with van der Waals surface area (Å²) in [6.45, 7) is 12.2. The van der Waals surface area contributed by atoms with Crippen molar-refractivity contribution in [2.75, 3.05) is 6.54 Å². The summed E-state index contributed by atoms with van der Waals surface area (Å²) in [5.74, 6) is 1.78. The predicted octanol–water partition coefficient (Wildman–Crippen LogP) is 4.92. The van der Waals surface area contributed by atoms with Crippen molar-refractivity contribution in [3.8, 4) is 5.75 Å². The van der Waals surface area contributed by atoms with E-state index < -0.39 is 0 Å². The molecule has 3 heteroatoms. The van der Waals surface area contributed by atoms with Crippen LogP contribution < -0.4 is 10.5 Å². The minimum Gasteiger partial charge on any atom is -0.426 e. The molecule has 3 nitrogen and oxygen atoms in total. The van der Waals surface area contributed by atoms with Crippen LogP contribution >= 0.6 is 0 Å². The Morgan fingerprint density at radius 2 is 1.89 bits per heavy atom. The van der Waals surface area contributed by atoms with Gasteiger partial charge in [0, 0.05) is 0 Å². The van der Waals surface area contributed by atoms with Gasteiger partial charge >= 0.3 is 5.97 Å². The molecule has 27 heavy (non-hydrogen) atoms. The first-order chi connectivity index (χ1) is 12.6. The molecule has 2 saturated carbocycles. The van der Waals surface area contributed by atoms with Gasteiger partial charge in [0.1, 0.15) is 5.75 Å². The summed E-state index contributed by atoms with van der Waals surface area (Å²) < 4.78 is 5.46. The SMILES string of the molecule is Cc1cc(OC(=O)CN)cc2c1C1(C)CC[C@H]3C(C)(C)CCC[C@]3(C)[C@H]1C2. The summed E-state index contributed by atoms with van der Waals surface area (Å²) in [5, 5.41) is 0. The Morgan fingerprint density at radius 3 is 2.59 bits per heavy atom. The molecule has 3 aliphatic rings. The minimum atomic E-state index is -0.364. The molecular formula is C24H35NO2. The zero-order valence-electron chi connectivity index (χ0n) is 17.7. The number of ether oxygens (including phenoxy) is 1. The Morgan fingerprint density at radius 1 is 1.15 bits per heavy atom. The third kappa shape index (κ3) is 2.68. The van der Waals surface area contributed by atoms with Crippen LogP contribution in [0.4, 0.5) is 0 Å². The zero-order valence-corrected chi connectivity index (χ0v) is 17.7. The van der Waals surface area contributed by atoms with Crippen molar-refractivity contribution in [3.05, 3.63) is 28.8 Å². The smallest absolute Gasteiger partial charge is 0.325 e. The third-order valence-corrected chi connectivity index (χ3v) is 8.58. The standard InChI is InChI=1S/C24H35NO2/c1-15-11-17(27-20(26)14-25)12-16-13-19-23(4)9-6-8-22(2,3)18(23)7-10-24(19,5)21(15)16/h11-12,18-19H,6-10,13-14,25H2,1-5H3/t18-,19+,23-,24?/m0/s1. The second-order valence-corrected chi connectivity index (χ2v) is 10.6. The van der Waals surface area contributed by atoms with Crippen LogP contribution in [0.3, 0.4) is 0 Å². The molecule has 0 aromatic heterocycles. The molecule has 0 radical (unpaired) electrons. The molecule has 1 aromatic carbocycles. The second-order valence-electron chi connectivity index (χ2n) is 10.6. The van der Waals surface area contributed by atoms with Gasteiger partial charge in [0.05, 0.1) is 6.54 Å². The number of benzene rings is 1. The maximum atomic E-state index is 11.7. The van der Waals surface area contributed by atoms with Crippen LogP contribution in [-0.2, 0) is 16.6 Å². The molecule has 0 amide bonds. The maximum Gasteiger partial charge on any atom is 0.325 e. The van der Waals surface area contributed by atoms with E-state index in [0.29, 0.717) is 22.5 Å². The fourth-order valence-electron chi connectivity index (χ4n) is 7.66. The van der Waals surface area contributed by atoms with Crippen LogP contribution in [0.15, 0.2) is 12.1 Å². The van der Waals surface area contributed by atoms with E-state index in [2.05, 4.69) is 40.7 Å². The average Bonchev–Trinajstić information content (AvgIpc) is 2.88. The van der Waals surface area contributed by atoms with Gasteiger partial charge in [-0.05, 0) is 95.9 Å². The lowest BCUT2D eigenvalue weighted by molar-refractivity contribution is -0.132. The van der Waals surface area contributed by atoms with Gasteiger partial charge in [-0.15, -0.1) is 0 Å². The van der Waals surface area contributed by atoms with Gasteiger partial charge < -0.3 is 10.5 Å². The van der Waals surface area contributed by atoms with E-state index in [1.807, 2.05) is 6.07 Å². The van der Waals surface area contributed by atoms with Gasteiger partial charge in [-0.2, -0.15) is 0 Å². The maximum absolute atomic E-state index is 11.7. The molecule has 4 rings (SSSR count). The Labute approximate surface area is 164 Å². The van der Waals surface area contributed by atoms with E-state index in [9.17, 15) is 4.79 Å². The average molecular weight is 370 g/mol. The molecule has 3 aliphatic carbocycles. The van der Waals surface area contributed by atoms with Gasteiger partial charge in [-0.25, -0.2) is 0 Å². The monoisotopic (exact) mass is 369 g/mol.